The molecule has 260 valence electrons. The van der Waals surface area contributed by atoms with Crippen molar-refractivity contribution in [3.63, 3.8) is 0 Å². The predicted octanol–water partition coefficient (Wildman–Crippen LogP) is 4.40. The third-order valence-electron chi connectivity index (χ3n) is 9.71. The molecule has 6 rings (SSSR count). The Bertz CT molecular complexity index is 1740. The molecule has 0 unspecified atom stereocenters. The third-order valence-corrected chi connectivity index (χ3v) is 11.1. The Kier molecular flexibility index (Phi) is 10.8. The fourth-order valence-electron chi connectivity index (χ4n) is 6.73. The SMILES string of the molecule is CS(=O)(=O)N(CC1CC1)c1ccccc1N1CCN(C(=O)[C@H](CC(=O)N2CCN(C(=O)c3ccccc3)CC2)Cc2ccc(Cl)cc2)CC1. The fraction of sp³-hybridized carbons (Fsp3) is 0.432. The van der Waals surface area contributed by atoms with Crippen LogP contribution in [0.15, 0.2) is 78.9 Å². The van der Waals surface area contributed by atoms with Crippen molar-refractivity contribution in [2.75, 3.05) is 74.4 Å². The van der Waals surface area contributed by atoms with E-state index in [0.717, 1.165) is 24.1 Å². The Balaban J connectivity index is 1.11. The minimum Gasteiger partial charge on any atom is -0.366 e. The lowest BCUT2D eigenvalue weighted by Gasteiger charge is -2.39. The van der Waals surface area contributed by atoms with E-state index in [2.05, 4.69) is 4.90 Å². The summed E-state index contributed by atoms with van der Waals surface area (Å²) in [6.07, 6.45) is 3.82. The summed E-state index contributed by atoms with van der Waals surface area (Å²) < 4.78 is 27.2. The summed E-state index contributed by atoms with van der Waals surface area (Å²) in [7, 11) is -3.46. The highest BCUT2D eigenvalue weighted by molar-refractivity contribution is 7.92. The van der Waals surface area contributed by atoms with Crippen LogP contribution in [0.25, 0.3) is 0 Å². The molecule has 0 N–H and O–H groups in total. The normalized spacial score (nSPS) is 17.5. The summed E-state index contributed by atoms with van der Waals surface area (Å²) >= 11 is 6.13. The molecule has 3 fully saturated rings. The van der Waals surface area contributed by atoms with E-state index in [9.17, 15) is 22.8 Å². The summed E-state index contributed by atoms with van der Waals surface area (Å²) in [5, 5.41) is 0.605. The second-order valence-corrected chi connectivity index (χ2v) is 15.7. The molecule has 0 bridgehead atoms. The van der Waals surface area contributed by atoms with E-state index in [0.29, 0.717) is 87.5 Å². The molecule has 0 aromatic heterocycles. The van der Waals surface area contributed by atoms with Gasteiger partial charge < -0.3 is 19.6 Å². The minimum atomic E-state index is -3.46. The van der Waals surface area contributed by atoms with E-state index in [4.69, 9.17) is 11.6 Å². The van der Waals surface area contributed by atoms with Crippen molar-refractivity contribution < 1.29 is 22.8 Å². The monoisotopic (exact) mass is 705 g/mol. The number of anilines is 2. The van der Waals surface area contributed by atoms with E-state index >= 15 is 0 Å². The number of benzene rings is 3. The Labute approximate surface area is 294 Å². The number of carbonyl (C=O) groups excluding carboxylic acids is 3. The first kappa shape index (κ1) is 34.8. The zero-order chi connectivity index (χ0) is 34.5. The van der Waals surface area contributed by atoms with Crippen LogP contribution in [0.3, 0.4) is 0 Å². The number of nitrogens with zero attached hydrogens (tertiary/aromatic N) is 5. The van der Waals surface area contributed by atoms with Gasteiger partial charge in [-0.25, -0.2) is 8.42 Å². The van der Waals surface area contributed by atoms with E-state index in [-0.39, 0.29) is 24.1 Å². The number of hydrogen-bond donors (Lipinski definition) is 0. The second-order valence-electron chi connectivity index (χ2n) is 13.3. The van der Waals surface area contributed by atoms with Crippen molar-refractivity contribution in [3.8, 4) is 0 Å². The lowest BCUT2D eigenvalue weighted by atomic mass is 9.93. The molecule has 2 saturated heterocycles. The van der Waals surface area contributed by atoms with E-state index in [1.54, 1.807) is 34.1 Å². The quantitative estimate of drug-likeness (QED) is 0.293. The average molecular weight is 706 g/mol. The van der Waals surface area contributed by atoms with Gasteiger partial charge in [0.15, 0.2) is 0 Å². The van der Waals surface area contributed by atoms with Gasteiger partial charge in [0, 0.05) is 75.9 Å². The van der Waals surface area contributed by atoms with Gasteiger partial charge in [0.2, 0.25) is 21.8 Å². The molecular weight excluding hydrogens is 662 g/mol. The molecule has 1 aliphatic carbocycles. The number of rotatable bonds is 11. The maximum absolute atomic E-state index is 14.1. The number of halogens is 1. The van der Waals surface area contributed by atoms with Crippen molar-refractivity contribution in [2.45, 2.75) is 25.7 Å². The molecule has 0 radical (unpaired) electrons. The number of para-hydroxylation sites is 2. The van der Waals surface area contributed by atoms with Crippen molar-refractivity contribution >= 4 is 50.7 Å². The molecule has 1 atom stereocenters. The van der Waals surface area contributed by atoms with Crippen LogP contribution in [-0.4, -0.2) is 106 Å². The van der Waals surface area contributed by atoms with Gasteiger partial charge in [-0.05, 0) is 67.1 Å². The molecule has 3 aromatic rings. The number of hydrogen-bond acceptors (Lipinski definition) is 6. The highest BCUT2D eigenvalue weighted by Crippen LogP contribution is 2.37. The highest BCUT2D eigenvalue weighted by atomic mass is 35.5. The molecular formula is C37H44ClN5O5S. The van der Waals surface area contributed by atoms with Crippen LogP contribution in [0.2, 0.25) is 5.02 Å². The molecule has 12 heteroatoms. The Morgan fingerprint density at radius 3 is 2.00 bits per heavy atom. The first-order valence-corrected chi connectivity index (χ1v) is 19.3. The van der Waals surface area contributed by atoms with Gasteiger partial charge in [-0.1, -0.05) is 54.1 Å². The van der Waals surface area contributed by atoms with Gasteiger partial charge in [-0.15, -0.1) is 0 Å². The first-order valence-electron chi connectivity index (χ1n) is 17.0. The van der Waals surface area contributed by atoms with Crippen LogP contribution < -0.4 is 9.21 Å². The van der Waals surface area contributed by atoms with Crippen molar-refractivity contribution in [1.29, 1.82) is 0 Å². The maximum atomic E-state index is 14.1. The van der Waals surface area contributed by atoms with Gasteiger partial charge >= 0.3 is 0 Å². The van der Waals surface area contributed by atoms with Crippen LogP contribution >= 0.6 is 11.6 Å². The topological polar surface area (TPSA) is 102 Å². The van der Waals surface area contributed by atoms with Crippen LogP contribution in [0.4, 0.5) is 11.4 Å². The van der Waals surface area contributed by atoms with Crippen LogP contribution in [0.1, 0.15) is 35.2 Å². The molecule has 3 aromatic carbocycles. The molecule has 1 saturated carbocycles. The fourth-order valence-corrected chi connectivity index (χ4v) is 7.85. The molecule has 10 nitrogen and oxygen atoms in total. The number of amides is 3. The van der Waals surface area contributed by atoms with Crippen LogP contribution in [0.5, 0.6) is 0 Å². The summed E-state index contributed by atoms with van der Waals surface area (Å²) in [5.41, 5.74) is 3.08. The van der Waals surface area contributed by atoms with Gasteiger partial charge in [0.05, 0.1) is 23.5 Å². The zero-order valence-electron chi connectivity index (χ0n) is 27.9. The highest BCUT2D eigenvalue weighted by Gasteiger charge is 2.34. The third kappa shape index (κ3) is 8.75. The Morgan fingerprint density at radius 2 is 1.37 bits per heavy atom. The number of carbonyl (C=O) groups is 3. The Hall–Kier alpha value is -4.09. The van der Waals surface area contributed by atoms with Crippen molar-refractivity contribution in [3.05, 3.63) is 95.0 Å². The van der Waals surface area contributed by atoms with Crippen molar-refractivity contribution in [1.82, 2.24) is 14.7 Å². The van der Waals surface area contributed by atoms with Gasteiger partial charge in [-0.3, -0.25) is 18.7 Å². The molecule has 3 amide bonds. The smallest absolute Gasteiger partial charge is 0.253 e. The lowest BCUT2D eigenvalue weighted by molar-refractivity contribution is -0.142. The summed E-state index contributed by atoms with van der Waals surface area (Å²) in [4.78, 5) is 48.2. The molecule has 2 heterocycles. The summed E-state index contributed by atoms with van der Waals surface area (Å²) in [6, 6.07) is 24.1. The van der Waals surface area contributed by atoms with E-state index in [1.807, 2.05) is 59.5 Å². The first-order chi connectivity index (χ1) is 23.6. The summed E-state index contributed by atoms with van der Waals surface area (Å²) in [6.45, 7) is 4.20. The minimum absolute atomic E-state index is 0.0443. The van der Waals surface area contributed by atoms with Gasteiger partial charge in [0.1, 0.15) is 0 Å². The standard InChI is InChI=1S/C37H44ClN5O5S/c1-49(47,48)43(27-29-11-12-29)34-10-6-5-9-33(34)39-17-21-42(22-18-39)37(46)31(25-28-13-15-32(38)16-14-28)26-35(44)40-19-23-41(24-20-40)36(45)30-7-3-2-4-8-30/h2-10,13-16,29,31H,11-12,17-27H2,1H3/t31-/m0/s1. The molecule has 2 aliphatic heterocycles. The van der Waals surface area contributed by atoms with E-state index < -0.39 is 15.9 Å². The average Bonchev–Trinajstić information content (AvgIpc) is 3.95. The predicted molar refractivity (Wildman–Crippen MR) is 192 cm³/mol. The van der Waals surface area contributed by atoms with Crippen molar-refractivity contribution in [2.24, 2.45) is 11.8 Å². The molecule has 3 aliphatic rings. The summed E-state index contributed by atoms with van der Waals surface area (Å²) in [5.74, 6) is -0.380. The van der Waals surface area contributed by atoms with E-state index in [1.165, 1.54) is 10.6 Å². The van der Waals surface area contributed by atoms with Crippen LogP contribution in [0, 0.1) is 11.8 Å². The lowest BCUT2D eigenvalue weighted by Crippen LogP contribution is -2.53. The zero-order valence-corrected chi connectivity index (χ0v) is 29.5. The van der Waals surface area contributed by atoms with Crippen LogP contribution in [-0.2, 0) is 26.0 Å². The second kappa shape index (κ2) is 15.2. The largest absolute Gasteiger partial charge is 0.366 e. The maximum Gasteiger partial charge on any atom is 0.253 e. The van der Waals surface area contributed by atoms with Gasteiger partial charge in [-0.2, -0.15) is 0 Å². The number of sulfonamides is 1. The molecule has 0 spiro atoms. The molecule has 49 heavy (non-hydrogen) atoms. The number of piperazine rings is 2. The van der Waals surface area contributed by atoms with Gasteiger partial charge in [0.25, 0.3) is 5.91 Å². The Morgan fingerprint density at radius 1 is 0.776 bits per heavy atom.